The maximum Gasteiger partial charge on any atom is 0.158 e. The molecule has 1 nitrogen and oxygen atoms in total. The first-order valence-corrected chi connectivity index (χ1v) is 4.66. The quantitative estimate of drug-likeness (QED) is 0.415. The lowest BCUT2D eigenvalue weighted by Gasteiger charge is -2.41. The molecule has 1 fully saturated rings. The summed E-state index contributed by atoms with van der Waals surface area (Å²) in [4.78, 5) is 0. The Bertz CT molecular complexity index is 229. The molecule has 0 spiro atoms. The average Bonchev–Trinajstić information content (AvgIpc) is 1.96. The molecule has 1 heteroatoms. The SMILES string of the molecule is C/C=C\C1CC(=[N+](C)C)C1(C)C. The Labute approximate surface area is 75.8 Å². The first-order chi connectivity index (χ1) is 5.50. The van der Waals surface area contributed by atoms with Crippen molar-refractivity contribution in [2.75, 3.05) is 14.1 Å². The van der Waals surface area contributed by atoms with Gasteiger partial charge in [-0.2, -0.15) is 0 Å². The van der Waals surface area contributed by atoms with E-state index in [-0.39, 0.29) is 0 Å². The van der Waals surface area contributed by atoms with Crippen LogP contribution in [0.15, 0.2) is 12.2 Å². The van der Waals surface area contributed by atoms with Crippen molar-refractivity contribution in [3.05, 3.63) is 12.2 Å². The molecule has 1 aliphatic carbocycles. The predicted octanol–water partition coefficient (Wildman–Crippen LogP) is 2.32. The molecule has 68 valence electrons. The monoisotopic (exact) mass is 166 g/mol. The van der Waals surface area contributed by atoms with Gasteiger partial charge in [-0.15, -0.1) is 0 Å². The average molecular weight is 166 g/mol. The van der Waals surface area contributed by atoms with Crippen LogP contribution in [0.5, 0.6) is 0 Å². The molecule has 1 saturated carbocycles. The first-order valence-electron chi connectivity index (χ1n) is 4.66. The van der Waals surface area contributed by atoms with Crippen molar-refractivity contribution in [1.82, 2.24) is 0 Å². The molecule has 0 bridgehead atoms. The van der Waals surface area contributed by atoms with E-state index in [1.807, 2.05) is 0 Å². The summed E-state index contributed by atoms with van der Waals surface area (Å²) in [5.74, 6) is 0.750. The first kappa shape index (κ1) is 9.50. The van der Waals surface area contributed by atoms with Gasteiger partial charge in [0.1, 0.15) is 14.1 Å². The molecule has 0 aromatic rings. The van der Waals surface area contributed by atoms with Crippen LogP contribution >= 0.6 is 0 Å². The summed E-state index contributed by atoms with van der Waals surface area (Å²) in [6.45, 7) is 6.76. The normalized spacial score (nSPS) is 27.4. The van der Waals surface area contributed by atoms with Crippen molar-refractivity contribution in [1.29, 1.82) is 0 Å². The molecule has 0 amide bonds. The van der Waals surface area contributed by atoms with E-state index in [9.17, 15) is 0 Å². The maximum absolute atomic E-state index is 2.33. The lowest BCUT2D eigenvalue weighted by molar-refractivity contribution is -0.473. The molecular formula is C11H20N+. The minimum atomic E-state index is 0.385. The highest BCUT2D eigenvalue weighted by atomic mass is 15.0. The van der Waals surface area contributed by atoms with Gasteiger partial charge < -0.3 is 0 Å². The predicted molar refractivity (Wildman–Crippen MR) is 53.8 cm³/mol. The van der Waals surface area contributed by atoms with Gasteiger partial charge in [-0.25, -0.2) is 4.58 Å². The van der Waals surface area contributed by atoms with E-state index in [1.54, 1.807) is 5.71 Å². The number of nitrogens with zero attached hydrogens (tertiary/aromatic N) is 1. The fourth-order valence-electron chi connectivity index (χ4n) is 2.11. The van der Waals surface area contributed by atoms with Gasteiger partial charge in [0.15, 0.2) is 5.71 Å². The van der Waals surface area contributed by atoms with E-state index in [1.165, 1.54) is 6.42 Å². The molecule has 0 aromatic carbocycles. The molecule has 0 N–H and O–H groups in total. The maximum atomic E-state index is 2.33. The fourth-order valence-corrected chi connectivity index (χ4v) is 2.11. The van der Waals surface area contributed by atoms with E-state index in [0.29, 0.717) is 5.41 Å². The van der Waals surface area contributed by atoms with Gasteiger partial charge in [-0.1, -0.05) is 12.2 Å². The van der Waals surface area contributed by atoms with Gasteiger partial charge in [0.2, 0.25) is 0 Å². The Kier molecular flexibility index (Phi) is 2.41. The van der Waals surface area contributed by atoms with Gasteiger partial charge in [-0.3, -0.25) is 0 Å². The smallest absolute Gasteiger partial charge is 0.158 e. The van der Waals surface area contributed by atoms with E-state index >= 15 is 0 Å². The van der Waals surface area contributed by atoms with Crippen LogP contribution in [0.4, 0.5) is 0 Å². The number of rotatable bonds is 1. The molecule has 1 unspecified atom stereocenters. The third kappa shape index (κ3) is 1.33. The van der Waals surface area contributed by atoms with Crippen molar-refractivity contribution in [2.24, 2.45) is 11.3 Å². The lowest BCUT2D eigenvalue weighted by atomic mass is 9.60. The molecule has 1 aliphatic rings. The van der Waals surface area contributed by atoms with E-state index < -0.39 is 0 Å². The summed E-state index contributed by atoms with van der Waals surface area (Å²) < 4.78 is 2.26. The zero-order valence-electron chi connectivity index (χ0n) is 8.89. The number of allylic oxidation sites excluding steroid dienone is 2. The fraction of sp³-hybridized carbons (Fsp3) is 0.727. The second-order valence-corrected chi connectivity index (χ2v) is 4.40. The summed E-state index contributed by atoms with van der Waals surface area (Å²) >= 11 is 0. The molecule has 0 heterocycles. The molecule has 0 aliphatic heterocycles. The molecular weight excluding hydrogens is 146 g/mol. The summed E-state index contributed by atoms with van der Waals surface area (Å²) in [6, 6.07) is 0. The van der Waals surface area contributed by atoms with Crippen molar-refractivity contribution in [3.63, 3.8) is 0 Å². The van der Waals surface area contributed by atoms with Crippen LogP contribution in [-0.4, -0.2) is 24.4 Å². The minimum absolute atomic E-state index is 0.385. The van der Waals surface area contributed by atoms with Crippen LogP contribution in [0, 0.1) is 11.3 Å². The summed E-state index contributed by atoms with van der Waals surface area (Å²) in [5, 5.41) is 0. The van der Waals surface area contributed by atoms with Crippen LogP contribution in [0.25, 0.3) is 0 Å². The Morgan fingerprint density at radius 1 is 1.42 bits per heavy atom. The van der Waals surface area contributed by atoms with Gasteiger partial charge in [-0.05, 0) is 20.8 Å². The highest BCUT2D eigenvalue weighted by molar-refractivity contribution is 5.92. The van der Waals surface area contributed by atoms with Crippen molar-refractivity contribution in [2.45, 2.75) is 27.2 Å². The van der Waals surface area contributed by atoms with Crippen LogP contribution in [-0.2, 0) is 0 Å². The third-order valence-electron chi connectivity index (χ3n) is 3.05. The number of hydrogen-bond donors (Lipinski definition) is 0. The van der Waals surface area contributed by atoms with Gasteiger partial charge in [0, 0.05) is 12.3 Å². The Morgan fingerprint density at radius 3 is 2.33 bits per heavy atom. The summed E-state index contributed by atoms with van der Waals surface area (Å²) in [6.07, 6.45) is 5.73. The Morgan fingerprint density at radius 2 is 2.00 bits per heavy atom. The standard InChI is InChI=1S/C11H20N/c1-6-7-9-8-10(12(4)5)11(9,2)3/h6-7,9H,8H2,1-5H3/q+1/b7-6-. The minimum Gasteiger partial charge on any atom is -0.242 e. The highest BCUT2D eigenvalue weighted by Gasteiger charge is 2.48. The van der Waals surface area contributed by atoms with E-state index in [4.69, 9.17) is 0 Å². The van der Waals surface area contributed by atoms with Gasteiger partial charge >= 0.3 is 0 Å². The molecule has 12 heavy (non-hydrogen) atoms. The Balaban J connectivity index is 2.79. The van der Waals surface area contributed by atoms with Crippen molar-refractivity contribution >= 4 is 5.71 Å². The molecule has 1 rings (SSSR count). The largest absolute Gasteiger partial charge is 0.242 e. The summed E-state index contributed by atoms with van der Waals surface area (Å²) in [7, 11) is 4.28. The second-order valence-electron chi connectivity index (χ2n) is 4.40. The molecule has 0 saturated heterocycles. The topological polar surface area (TPSA) is 3.01 Å². The van der Waals surface area contributed by atoms with E-state index in [0.717, 1.165) is 5.92 Å². The number of hydrogen-bond acceptors (Lipinski definition) is 0. The van der Waals surface area contributed by atoms with Crippen LogP contribution in [0.2, 0.25) is 0 Å². The lowest BCUT2D eigenvalue weighted by Crippen LogP contribution is -2.48. The van der Waals surface area contributed by atoms with Crippen LogP contribution in [0.1, 0.15) is 27.2 Å². The molecule has 0 radical (unpaired) electrons. The summed E-state index contributed by atoms with van der Waals surface area (Å²) in [5.41, 5.74) is 1.96. The second kappa shape index (κ2) is 3.04. The zero-order valence-corrected chi connectivity index (χ0v) is 8.89. The molecule has 1 atom stereocenters. The zero-order chi connectivity index (χ0) is 9.35. The Hall–Kier alpha value is -0.590. The van der Waals surface area contributed by atoms with Gasteiger partial charge in [0.25, 0.3) is 0 Å². The highest BCUT2D eigenvalue weighted by Crippen LogP contribution is 2.43. The third-order valence-corrected chi connectivity index (χ3v) is 3.05. The van der Waals surface area contributed by atoms with E-state index in [2.05, 4.69) is 51.6 Å². The molecule has 0 aromatic heterocycles. The van der Waals surface area contributed by atoms with Crippen LogP contribution in [0.3, 0.4) is 0 Å². The van der Waals surface area contributed by atoms with Crippen molar-refractivity contribution in [3.8, 4) is 0 Å². The van der Waals surface area contributed by atoms with Crippen LogP contribution < -0.4 is 0 Å². The van der Waals surface area contributed by atoms with Crippen molar-refractivity contribution < 1.29 is 4.58 Å². The van der Waals surface area contributed by atoms with Gasteiger partial charge in [0.05, 0.1) is 5.41 Å².